The Morgan fingerprint density at radius 3 is 2.64 bits per heavy atom. The molecule has 3 N–H and O–H groups in total. The molecule has 1 unspecified atom stereocenters. The molecule has 3 nitrogen and oxygen atoms in total. The van der Waals surface area contributed by atoms with Gasteiger partial charge >= 0.3 is 0 Å². The predicted molar refractivity (Wildman–Crippen MR) is 51.6 cm³/mol. The molecule has 1 aromatic carbocycles. The van der Waals surface area contributed by atoms with Gasteiger partial charge in [-0.3, -0.25) is 0 Å². The average Bonchev–Trinajstić information content (AvgIpc) is 2.97. The Balaban J connectivity index is 2.27. The van der Waals surface area contributed by atoms with E-state index in [1.165, 1.54) is 0 Å². The number of aliphatic hydroxyl groups is 3. The molecule has 0 bridgehead atoms. The van der Waals surface area contributed by atoms with Crippen molar-refractivity contribution in [2.24, 2.45) is 0 Å². The summed E-state index contributed by atoms with van der Waals surface area (Å²) in [6.07, 6.45) is 0.717. The molecule has 14 heavy (non-hydrogen) atoms. The summed E-state index contributed by atoms with van der Waals surface area (Å²) in [5, 5.41) is 28.0. The van der Waals surface area contributed by atoms with Crippen LogP contribution in [0, 0.1) is 0 Å². The van der Waals surface area contributed by atoms with Gasteiger partial charge in [-0.2, -0.15) is 0 Å². The normalized spacial score (nSPS) is 20.5. The first-order valence-corrected chi connectivity index (χ1v) is 4.77. The van der Waals surface area contributed by atoms with E-state index in [-0.39, 0.29) is 6.61 Å². The van der Waals surface area contributed by atoms with Crippen molar-refractivity contribution in [3.63, 3.8) is 0 Å². The highest BCUT2D eigenvalue weighted by molar-refractivity contribution is 5.32. The first-order chi connectivity index (χ1) is 6.65. The third-order valence-electron chi connectivity index (χ3n) is 2.71. The topological polar surface area (TPSA) is 60.7 Å². The molecule has 0 amide bonds. The number of hydrogen-bond donors (Lipinski definition) is 3. The molecule has 0 heterocycles. The number of rotatable bonds is 3. The summed E-state index contributed by atoms with van der Waals surface area (Å²) in [5.41, 5.74) is 0.818. The lowest BCUT2D eigenvalue weighted by molar-refractivity contribution is 0.0950. The second-order valence-electron chi connectivity index (χ2n) is 3.86. The maximum Gasteiger partial charge on any atom is 0.102 e. The lowest BCUT2D eigenvalue weighted by Gasteiger charge is -2.12. The fraction of sp³-hybridized carbons (Fsp3) is 0.455. The Morgan fingerprint density at radius 2 is 2.07 bits per heavy atom. The molecule has 1 atom stereocenters. The lowest BCUT2D eigenvalue weighted by Crippen LogP contribution is -2.07. The van der Waals surface area contributed by atoms with Crippen molar-refractivity contribution >= 4 is 0 Å². The first kappa shape index (κ1) is 9.65. The van der Waals surface area contributed by atoms with Crippen molar-refractivity contribution < 1.29 is 15.3 Å². The summed E-state index contributed by atoms with van der Waals surface area (Å²) in [4.78, 5) is 0. The third kappa shape index (κ3) is 1.66. The second kappa shape index (κ2) is 3.35. The fourth-order valence-electron chi connectivity index (χ4n) is 1.55. The highest BCUT2D eigenvalue weighted by Gasteiger charge is 2.42. The van der Waals surface area contributed by atoms with Crippen LogP contribution in [-0.2, 0) is 5.60 Å². The molecule has 1 aliphatic carbocycles. The van der Waals surface area contributed by atoms with Crippen molar-refractivity contribution in [3.05, 3.63) is 35.4 Å². The second-order valence-corrected chi connectivity index (χ2v) is 3.86. The van der Waals surface area contributed by atoms with Crippen LogP contribution < -0.4 is 0 Å². The minimum Gasteiger partial charge on any atom is -0.393 e. The molecule has 0 radical (unpaired) electrons. The molecule has 1 saturated carbocycles. The van der Waals surface area contributed by atoms with Crippen molar-refractivity contribution in [2.45, 2.75) is 24.5 Å². The van der Waals surface area contributed by atoms with Gasteiger partial charge in [0.2, 0.25) is 0 Å². The zero-order valence-electron chi connectivity index (χ0n) is 7.85. The summed E-state index contributed by atoms with van der Waals surface area (Å²) < 4.78 is 0. The van der Waals surface area contributed by atoms with E-state index in [0.717, 1.165) is 18.4 Å². The molecular weight excluding hydrogens is 180 g/mol. The van der Waals surface area contributed by atoms with Crippen LogP contribution in [0.25, 0.3) is 0 Å². The third-order valence-corrected chi connectivity index (χ3v) is 2.71. The highest BCUT2D eigenvalue weighted by atomic mass is 16.3. The average molecular weight is 194 g/mol. The van der Waals surface area contributed by atoms with Crippen LogP contribution in [0.5, 0.6) is 0 Å². The molecule has 0 spiro atoms. The smallest absolute Gasteiger partial charge is 0.102 e. The van der Waals surface area contributed by atoms with E-state index in [9.17, 15) is 10.2 Å². The predicted octanol–water partition coefficient (Wildman–Crippen LogP) is 0.694. The number of hydrogen-bond acceptors (Lipinski definition) is 3. The number of benzene rings is 1. The summed E-state index contributed by atoms with van der Waals surface area (Å²) in [7, 11) is 0. The van der Waals surface area contributed by atoms with Crippen LogP contribution in [-0.4, -0.2) is 21.9 Å². The van der Waals surface area contributed by atoms with Crippen LogP contribution in [0.15, 0.2) is 24.3 Å². The molecule has 0 aromatic heterocycles. The Morgan fingerprint density at radius 1 is 1.36 bits per heavy atom. The van der Waals surface area contributed by atoms with Crippen LogP contribution >= 0.6 is 0 Å². The van der Waals surface area contributed by atoms with Gasteiger partial charge < -0.3 is 15.3 Å². The van der Waals surface area contributed by atoms with Crippen LogP contribution in [0.3, 0.4) is 0 Å². The van der Waals surface area contributed by atoms with E-state index in [1.54, 1.807) is 18.2 Å². The molecule has 1 fully saturated rings. The van der Waals surface area contributed by atoms with Gasteiger partial charge in [0.25, 0.3) is 0 Å². The molecule has 2 rings (SSSR count). The standard InChI is InChI=1S/C11H14O3/c12-7-10(13)8-2-1-3-9(6-8)11(14)4-5-11/h1-3,6,10,12-14H,4-5,7H2. The maximum absolute atomic E-state index is 9.83. The fourth-order valence-corrected chi connectivity index (χ4v) is 1.55. The quantitative estimate of drug-likeness (QED) is 0.663. The Hall–Kier alpha value is -0.900. The zero-order chi connectivity index (χ0) is 10.2. The summed E-state index contributed by atoms with van der Waals surface area (Å²) >= 11 is 0. The number of aliphatic hydroxyl groups excluding tert-OH is 2. The molecule has 0 aliphatic heterocycles. The summed E-state index contributed by atoms with van der Waals surface area (Å²) in [5.74, 6) is 0. The van der Waals surface area contributed by atoms with Crippen molar-refractivity contribution in [1.29, 1.82) is 0 Å². The first-order valence-electron chi connectivity index (χ1n) is 4.77. The molecule has 0 saturated heterocycles. The largest absolute Gasteiger partial charge is 0.393 e. The van der Waals surface area contributed by atoms with E-state index >= 15 is 0 Å². The van der Waals surface area contributed by atoms with Crippen LogP contribution in [0.2, 0.25) is 0 Å². The van der Waals surface area contributed by atoms with Gasteiger partial charge in [-0.25, -0.2) is 0 Å². The Kier molecular flexibility index (Phi) is 2.31. The van der Waals surface area contributed by atoms with Gasteiger partial charge in [0.15, 0.2) is 0 Å². The van der Waals surface area contributed by atoms with Crippen molar-refractivity contribution in [1.82, 2.24) is 0 Å². The van der Waals surface area contributed by atoms with E-state index in [1.807, 2.05) is 6.07 Å². The molecule has 76 valence electrons. The molecule has 1 aliphatic rings. The van der Waals surface area contributed by atoms with E-state index in [2.05, 4.69) is 0 Å². The lowest BCUT2D eigenvalue weighted by atomic mass is 10.0. The summed E-state index contributed by atoms with van der Waals surface area (Å²) in [6, 6.07) is 7.14. The van der Waals surface area contributed by atoms with E-state index in [0.29, 0.717) is 5.56 Å². The van der Waals surface area contributed by atoms with Crippen molar-refractivity contribution in [3.8, 4) is 0 Å². The van der Waals surface area contributed by atoms with Gasteiger partial charge in [-0.05, 0) is 24.0 Å². The van der Waals surface area contributed by atoms with Gasteiger partial charge in [0.05, 0.1) is 12.2 Å². The van der Waals surface area contributed by atoms with E-state index in [4.69, 9.17) is 5.11 Å². The zero-order valence-corrected chi connectivity index (χ0v) is 7.85. The van der Waals surface area contributed by atoms with Gasteiger partial charge in [0.1, 0.15) is 6.10 Å². The Bertz CT molecular complexity index is 331. The van der Waals surface area contributed by atoms with Crippen LogP contribution in [0.1, 0.15) is 30.1 Å². The molecular formula is C11H14O3. The summed E-state index contributed by atoms with van der Waals surface area (Å²) in [6.45, 7) is -0.290. The SMILES string of the molecule is OCC(O)c1cccc(C2(O)CC2)c1. The van der Waals surface area contributed by atoms with Crippen molar-refractivity contribution in [2.75, 3.05) is 6.61 Å². The minimum absolute atomic E-state index is 0.290. The van der Waals surface area contributed by atoms with Gasteiger partial charge in [-0.1, -0.05) is 24.3 Å². The molecule has 1 aromatic rings. The van der Waals surface area contributed by atoms with E-state index < -0.39 is 11.7 Å². The Labute approximate surface area is 82.6 Å². The van der Waals surface area contributed by atoms with Crippen LogP contribution in [0.4, 0.5) is 0 Å². The minimum atomic E-state index is -0.850. The maximum atomic E-state index is 9.83. The highest BCUT2D eigenvalue weighted by Crippen LogP contribution is 2.45. The van der Waals surface area contributed by atoms with Gasteiger partial charge in [0, 0.05) is 0 Å². The molecule has 3 heteroatoms. The monoisotopic (exact) mass is 194 g/mol. The van der Waals surface area contributed by atoms with Gasteiger partial charge in [-0.15, -0.1) is 0 Å².